The second-order valence-corrected chi connectivity index (χ2v) is 5.00. The van der Waals surface area contributed by atoms with Gasteiger partial charge in [0.15, 0.2) is 0 Å². The van der Waals surface area contributed by atoms with Crippen LogP contribution in [0.3, 0.4) is 0 Å². The van der Waals surface area contributed by atoms with Gasteiger partial charge in [0, 0.05) is 7.05 Å². The fourth-order valence-corrected chi connectivity index (χ4v) is 1.39. The number of likely N-dealkylation sites (N-methyl/N-ethyl adjacent to an activating group) is 1. The van der Waals surface area contributed by atoms with Crippen molar-refractivity contribution in [3.63, 3.8) is 0 Å². The topological polar surface area (TPSA) is 66.6 Å². The second-order valence-electron chi connectivity index (χ2n) is 5.00. The number of hydrogen-bond acceptors (Lipinski definition) is 3. The summed E-state index contributed by atoms with van der Waals surface area (Å²) < 4.78 is 0. The van der Waals surface area contributed by atoms with E-state index in [-0.39, 0.29) is 12.5 Å². The zero-order valence-corrected chi connectivity index (χ0v) is 10.5. The highest BCUT2D eigenvalue weighted by Crippen LogP contribution is 2.18. The van der Waals surface area contributed by atoms with Crippen molar-refractivity contribution in [3.05, 3.63) is 0 Å². The van der Waals surface area contributed by atoms with Gasteiger partial charge in [-0.3, -0.25) is 4.79 Å². The van der Waals surface area contributed by atoms with Gasteiger partial charge >= 0.3 is 0 Å². The van der Waals surface area contributed by atoms with Gasteiger partial charge in [-0.05, 0) is 27.2 Å². The lowest BCUT2D eigenvalue weighted by molar-refractivity contribution is -0.141. The Morgan fingerprint density at radius 2 is 1.87 bits per heavy atom. The first kappa shape index (κ1) is 14.4. The fraction of sp³-hybridized carbons (Fsp3) is 0.909. The van der Waals surface area contributed by atoms with Gasteiger partial charge in [-0.15, -0.1) is 0 Å². The average molecular weight is 216 g/mol. The molecule has 0 radical (unpaired) electrons. The summed E-state index contributed by atoms with van der Waals surface area (Å²) >= 11 is 0. The van der Waals surface area contributed by atoms with Crippen LogP contribution in [-0.4, -0.2) is 40.6 Å². The molecule has 1 atom stereocenters. The minimum Gasteiger partial charge on any atom is -0.394 e. The van der Waals surface area contributed by atoms with E-state index in [4.69, 9.17) is 5.73 Å². The Bertz CT molecular complexity index is 225. The number of hydrogen-bond donors (Lipinski definition) is 2. The molecule has 0 heterocycles. The number of nitrogens with zero attached hydrogens (tertiary/aromatic N) is 1. The van der Waals surface area contributed by atoms with Gasteiger partial charge in [0.25, 0.3) is 0 Å². The van der Waals surface area contributed by atoms with Gasteiger partial charge in [-0.2, -0.15) is 0 Å². The molecule has 0 bridgehead atoms. The van der Waals surface area contributed by atoms with Crippen LogP contribution in [0.4, 0.5) is 0 Å². The molecule has 0 saturated carbocycles. The van der Waals surface area contributed by atoms with Crippen molar-refractivity contribution in [1.82, 2.24) is 4.90 Å². The number of carbonyl (C=O) groups excluding carboxylic acids is 1. The van der Waals surface area contributed by atoms with Gasteiger partial charge < -0.3 is 15.7 Å². The SMILES string of the molecule is CCCC(C)(N)C(=O)N(C)C(C)(C)CO. The van der Waals surface area contributed by atoms with Crippen LogP contribution in [0.25, 0.3) is 0 Å². The molecular weight excluding hydrogens is 192 g/mol. The van der Waals surface area contributed by atoms with Gasteiger partial charge in [-0.1, -0.05) is 13.3 Å². The number of carbonyl (C=O) groups is 1. The lowest BCUT2D eigenvalue weighted by atomic mass is 9.93. The number of aliphatic hydroxyl groups is 1. The van der Waals surface area contributed by atoms with Crippen LogP contribution in [-0.2, 0) is 4.79 Å². The van der Waals surface area contributed by atoms with E-state index in [0.29, 0.717) is 6.42 Å². The lowest BCUT2D eigenvalue weighted by Crippen LogP contribution is -2.58. The van der Waals surface area contributed by atoms with Crippen molar-refractivity contribution >= 4 is 5.91 Å². The van der Waals surface area contributed by atoms with Crippen LogP contribution in [0.5, 0.6) is 0 Å². The van der Waals surface area contributed by atoms with Gasteiger partial charge in [0.2, 0.25) is 5.91 Å². The molecule has 3 N–H and O–H groups in total. The maximum Gasteiger partial charge on any atom is 0.242 e. The number of amides is 1. The molecule has 0 fully saturated rings. The summed E-state index contributed by atoms with van der Waals surface area (Å²) in [6.07, 6.45) is 1.52. The van der Waals surface area contributed by atoms with Gasteiger partial charge in [0.1, 0.15) is 0 Å². The highest BCUT2D eigenvalue weighted by Gasteiger charge is 2.36. The summed E-state index contributed by atoms with van der Waals surface area (Å²) in [5.74, 6) is -0.122. The van der Waals surface area contributed by atoms with E-state index in [0.717, 1.165) is 6.42 Å². The Morgan fingerprint density at radius 1 is 1.40 bits per heavy atom. The summed E-state index contributed by atoms with van der Waals surface area (Å²) in [6, 6.07) is 0. The minimum absolute atomic E-state index is 0.0720. The zero-order chi connectivity index (χ0) is 12.3. The molecule has 0 aliphatic rings. The summed E-state index contributed by atoms with van der Waals surface area (Å²) in [6.45, 7) is 7.29. The molecule has 4 heteroatoms. The molecule has 15 heavy (non-hydrogen) atoms. The Labute approximate surface area is 92.4 Å². The zero-order valence-electron chi connectivity index (χ0n) is 10.5. The number of rotatable bonds is 5. The molecule has 1 amide bonds. The monoisotopic (exact) mass is 216 g/mol. The first-order valence-corrected chi connectivity index (χ1v) is 5.37. The summed E-state index contributed by atoms with van der Waals surface area (Å²) in [5.41, 5.74) is 4.55. The Kier molecular flexibility index (Phi) is 4.74. The van der Waals surface area contributed by atoms with Crippen molar-refractivity contribution < 1.29 is 9.90 Å². The average Bonchev–Trinajstić information content (AvgIpc) is 2.15. The third kappa shape index (κ3) is 3.47. The fourth-order valence-electron chi connectivity index (χ4n) is 1.39. The molecule has 0 aromatic carbocycles. The van der Waals surface area contributed by atoms with E-state index in [1.165, 1.54) is 4.90 Å². The molecule has 0 aliphatic carbocycles. The minimum atomic E-state index is -0.837. The van der Waals surface area contributed by atoms with E-state index in [2.05, 4.69) is 0 Å². The van der Waals surface area contributed by atoms with E-state index in [1.54, 1.807) is 14.0 Å². The molecule has 0 aromatic rings. The van der Waals surface area contributed by atoms with Crippen molar-refractivity contribution in [1.29, 1.82) is 0 Å². The predicted octanol–water partition coefficient (Wildman–Crippen LogP) is 0.733. The van der Waals surface area contributed by atoms with Crippen molar-refractivity contribution in [3.8, 4) is 0 Å². The third-order valence-corrected chi connectivity index (χ3v) is 2.86. The first-order valence-electron chi connectivity index (χ1n) is 5.37. The van der Waals surface area contributed by atoms with Gasteiger partial charge in [0.05, 0.1) is 17.7 Å². The number of nitrogens with two attached hydrogens (primary N) is 1. The molecule has 4 nitrogen and oxygen atoms in total. The van der Waals surface area contributed by atoms with Crippen LogP contribution < -0.4 is 5.73 Å². The van der Waals surface area contributed by atoms with Crippen LogP contribution in [0.1, 0.15) is 40.5 Å². The van der Waals surface area contributed by atoms with E-state index >= 15 is 0 Å². The quantitative estimate of drug-likeness (QED) is 0.712. The van der Waals surface area contributed by atoms with Crippen LogP contribution in [0.15, 0.2) is 0 Å². The molecule has 0 rings (SSSR count). The van der Waals surface area contributed by atoms with E-state index in [1.807, 2.05) is 20.8 Å². The largest absolute Gasteiger partial charge is 0.394 e. The predicted molar refractivity (Wildman–Crippen MR) is 61.4 cm³/mol. The Hall–Kier alpha value is -0.610. The normalized spacial score (nSPS) is 15.9. The summed E-state index contributed by atoms with van der Waals surface area (Å²) in [4.78, 5) is 13.6. The maximum atomic E-state index is 12.1. The van der Waals surface area contributed by atoms with Crippen LogP contribution in [0, 0.1) is 0 Å². The lowest BCUT2D eigenvalue weighted by Gasteiger charge is -2.38. The van der Waals surface area contributed by atoms with Crippen LogP contribution in [0.2, 0.25) is 0 Å². The first-order chi connectivity index (χ1) is 6.69. The highest BCUT2D eigenvalue weighted by molar-refractivity contribution is 5.86. The second kappa shape index (κ2) is 4.94. The standard InChI is InChI=1S/C11H24N2O2/c1-6-7-11(4,12)9(15)13(5)10(2,3)8-14/h14H,6-8,12H2,1-5H3. The molecule has 0 saturated heterocycles. The smallest absolute Gasteiger partial charge is 0.242 e. The van der Waals surface area contributed by atoms with E-state index in [9.17, 15) is 9.90 Å². The Morgan fingerprint density at radius 3 is 2.20 bits per heavy atom. The van der Waals surface area contributed by atoms with Crippen molar-refractivity contribution in [2.24, 2.45) is 5.73 Å². The maximum absolute atomic E-state index is 12.1. The molecule has 1 unspecified atom stereocenters. The molecular formula is C11H24N2O2. The van der Waals surface area contributed by atoms with Crippen molar-refractivity contribution in [2.75, 3.05) is 13.7 Å². The third-order valence-electron chi connectivity index (χ3n) is 2.86. The molecule has 0 spiro atoms. The van der Waals surface area contributed by atoms with Crippen molar-refractivity contribution in [2.45, 2.75) is 51.6 Å². The molecule has 0 aromatic heterocycles. The highest BCUT2D eigenvalue weighted by atomic mass is 16.3. The van der Waals surface area contributed by atoms with Gasteiger partial charge in [-0.25, -0.2) is 0 Å². The Balaban J connectivity index is 4.71. The molecule has 90 valence electrons. The molecule has 0 aliphatic heterocycles. The van der Waals surface area contributed by atoms with Crippen LogP contribution >= 0.6 is 0 Å². The summed E-state index contributed by atoms with van der Waals surface area (Å²) in [5, 5.41) is 9.17. The summed E-state index contributed by atoms with van der Waals surface area (Å²) in [7, 11) is 1.68. The number of aliphatic hydroxyl groups excluding tert-OH is 1. The van der Waals surface area contributed by atoms with E-state index < -0.39 is 11.1 Å².